The van der Waals surface area contributed by atoms with E-state index in [0.29, 0.717) is 29.4 Å². The molecule has 2 heterocycles. The van der Waals surface area contributed by atoms with Crippen LogP contribution in [-0.4, -0.2) is 44.0 Å². The van der Waals surface area contributed by atoms with Crippen LogP contribution in [0.15, 0.2) is 48.2 Å². The van der Waals surface area contributed by atoms with Crippen LogP contribution in [0, 0.1) is 0 Å². The second-order valence-corrected chi connectivity index (χ2v) is 6.74. The highest BCUT2D eigenvalue weighted by atomic mass is 16.5. The number of benzene rings is 2. The van der Waals surface area contributed by atoms with Crippen LogP contribution in [0.1, 0.15) is 28.8 Å². The van der Waals surface area contributed by atoms with Crippen LogP contribution in [0.5, 0.6) is 17.2 Å². The molecule has 0 spiro atoms. The lowest BCUT2D eigenvalue weighted by molar-refractivity contribution is 0.101. The number of hydrogen-bond donors (Lipinski definition) is 0. The molecule has 0 radical (unpaired) electrons. The number of fused-ring (bicyclic) bond motifs is 1. The molecule has 0 bridgehead atoms. The van der Waals surface area contributed by atoms with Crippen LogP contribution in [0.2, 0.25) is 0 Å². The van der Waals surface area contributed by atoms with Crippen molar-refractivity contribution in [2.75, 3.05) is 33.4 Å². The van der Waals surface area contributed by atoms with Gasteiger partial charge in [0, 0.05) is 18.2 Å². The van der Waals surface area contributed by atoms with Gasteiger partial charge in [0.05, 0.1) is 12.7 Å². The van der Waals surface area contributed by atoms with Crippen LogP contribution < -0.4 is 14.2 Å². The van der Waals surface area contributed by atoms with E-state index in [1.54, 1.807) is 25.3 Å². The van der Waals surface area contributed by atoms with Gasteiger partial charge in [-0.1, -0.05) is 18.2 Å². The molecule has 0 saturated carbocycles. The van der Waals surface area contributed by atoms with E-state index in [2.05, 4.69) is 4.90 Å². The smallest absolute Gasteiger partial charge is 0.231 e. The molecule has 0 unspecified atom stereocenters. The summed E-state index contributed by atoms with van der Waals surface area (Å²) in [6.07, 6.45) is 4.27. The zero-order valence-electron chi connectivity index (χ0n) is 15.4. The summed E-state index contributed by atoms with van der Waals surface area (Å²) in [7, 11) is 1.61. The molecule has 1 fully saturated rings. The number of rotatable bonds is 6. The second-order valence-electron chi connectivity index (χ2n) is 6.74. The number of hydrogen-bond acceptors (Lipinski definition) is 5. The average molecular weight is 365 g/mol. The Balaban J connectivity index is 1.46. The van der Waals surface area contributed by atoms with Crippen LogP contribution >= 0.6 is 0 Å². The van der Waals surface area contributed by atoms with E-state index < -0.39 is 0 Å². The van der Waals surface area contributed by atoms with Gasteiger partial charge in [0.1, 0.15) is 23.9 Å². The summed E-state index contributed by atoms with van der Waals surface area (Å²) in [6, 6.07) is 12.9. The molecular weight excluding hydrogens is 342 g/mol. The van der Waals surface area contributed by atoms with E-state index in [9.17, 15) is 4.79 Å². The molecule has 0 aromatic heterocycles. The normalized spacial score (nSPS) is 17.8. The Morgan fingerprint density at radius 2 is 1.96 bits per heavy atom. The number of para-hydroxylation sites is 1. The topological polar surface area (TPSA) is 48.0 Å². The molecule has 140 valence electrons. The van der Waals surface area contributed by atoms with Crippen molar-refractivity contribution in [1.82, 2.24) is 4.90 Å². The van der Waals surface area contributed by atoms with Crippen molar-refractivity contribution in [2.24, 2.45) is 0 Å². The summed E-state index contributed by atoms with van der Waals surface area (Å²) >= 11 is 0. The number of methoxy groups -OCH3 is 1. The minimum Gasteiger partial charge on any atom is -0.496 e. The highest BCUT2D eigenvalue weighted by molar-refractivity contribution is 6.14. The van der Waals surface area contributed by atoms with Gasteiger partial charge in [0.15, 0.2) is 5.76 Å². The zero-order valence-corrected chi connectivity index (χ0v) is 15.4. The standard InChI is InChI=1S/C22H23NO4/c1-25-19-7-3-2-6-16(19)14-21-22(24)18-9-8-17(15-20(18)27-21)26-13-12-23-10-4-5-11-23/h2-3,6-9,14-15H,4-5,10-13H2,1H3/b21-14-. The summed E-state index contributed by atoms with van der Waals surface area (Å²) in [5.41, 5.74) is 1.36. The maximum Gasteiger partial charge on any atom is 0.231 e. The molecule has 0 atom stereocenters. The highest BCUT2D eigenvalue weighted by Gasteiger charge is 2.28. The number of Topliss-reactive ketones (excluding diaryl/α,β-unsaturated/α-hetero) is 1. The van der Waals surface area contributed by atoms with Crippen LogP contribution in [0.4, 0.5) is 0 Å². The van der Waals surface area contributed by atoms with Crippen molar-refractivity contribution in [2.45, 2.75) is 12.8 Å². The maximum absolute atomic E-state index is 12.6. The van der Waals surface area contributed by atoms with Crippen molar-refractivity contribution in [3.05, 3.63) is 59.4 Å². The van der Waals surface area contributed by atoms with E-state index in [1.807, 2.05) is 30.3 Å². The van der Waals surface area contributed by atoms with Crippen LogP contribution in [0.3, 0.4) is 0 Å². The molecule has 5 nitrogen and oxygen atoms in total. The van der Waals surface area contributed by atoms with Crippen LogP contribution in [-0.2, 0) is 0 Å². The first-order valence-corrected chi connectivity index (χ1v) is 9.31. The summed E-state index contributed by atoms with van der Waals surface area (Å²) in [5.74, 6) is 2.13. The first-order valence-electron chi connectivity index (χ1n) is 9.31. The van der Waals surface area contributed by atoms with Gasteiger partial charge in [0.25, 0.3) is 0 Å². The molecule has 0 aliphatic carbocycles. The summed E-state index contributed by atoms with van der Waals surface area (Å²) in [6.45, 7) is 3.87. The molecular formula is C22H23NO4. The van der Waals surface area contributed by atoms with E-state index in [0.717, 1.165) is 30.9 Å². The third kappa shape index (κ3) is 3.83. The lowest BCUT2D eigenvalue weighted by atomic mass is 10.1. The van der Waals surface area contributed by atoms with Crippen molar-refractivity contribution in [3.8, 4) is 17.2 Å². The third-order valence-corrected chi connectivity index (χ3v) is 4.94. The van der Waals surface area contributed by atoms with E-state index in [1.165, 1.54) is 12.8 Å². The minimum atomic E-state index is -0.125. The fraction of sp³-hybridized carbons (Fsp3) is 0.318. The molecule has 4 rings (SSSR count). The lowest BCUT2D eigenvalue weighted by Gasteiger charge is -2.15. The Morgan fingerprint density at radius 1 is 1.15 bits per heavy atom. The second kappa shape index (κ2) is 7.84. The number of allylic oxidation sites excluding steroid dienone is 1. The van der Waals surface area contributed by atoms with Crippen molar-refractivity contribution < 1.29 is 19.0 Å². The third-order valence-electron chi connectivity index (χ3n) is 4.94. The molecule has 0 N–H and O–H groups in total. The number of nitrogens with zero attached hydrogens (tertiary/aromatic N) is 1. The molecule has 2 aliphatic rings. The van der Waals surface area contributed by atoms with Crippen molar-refractivity contribution in [1.29, 1.82) is 0 Å². The van der Waals surface area contributed by atoms with Crippen molar-refractivity contribution in [3.63, 3.8) is 0 Å². The van der Waals surface area contributed by atoms with Gasteiger partial charge in [-0.2, -0.15) is 0 Å². The van der Waals surface area contributed by atoms with Gasteiger partial charge in [-0.15, -0.1) is 0 Å². The zero-order chi connectivity index (χ0) is 18.6. The Kier molecular flexibility index (Phi) is 5.12. The van der Waals surface area contributed by atoms with Gasteiger partial charge >= 0.3 is 0 Å². The monoisotopic (exact) mass is 365 g/mol. The molecule has 2 aliphatic heterocycles. The highest BCUT2D eigenvalue weighted by Crippen LogP contribution is 2.35. The first kappa shape index (κ1) is 17.6. The van der Waals surface area contributed by atoms with Gasteiger partial charge in [-0.25, -0.2) is 0 Å². The van der Waals surface area contributed by atoms with Gasteiger partial charge in [-0.3, -0.25) is 9.69 Å². The summed E-state index contributed by atoms with van der Waals surface area (Å²) in [5, 5.41) is 0. The van der Waals surface area contributed by atoms with E-state index in [4.69, 9.17) is 14.2 Å². The molecule has 27 heavy (non-hydrogen) atoms. The minimum absolute atomic E-state index is 0.125. The molecule has 0 amide bonds. The quantitative estimate of drug-likeness (QED) is 0.729. The van der Waals surface area contributed by atoms with Gasteiger partial charge in [-0.05, 0) is 50.2 Å². The molecule has 2 aromatic carbocycles. The molecule has 1 saturated heterocycles. The number of carbonyl (C=O) groups is 1. The predicted molar refractivity (Wildman–Crippen MR) is 104 cm³/mol. The summed E-state index contributed by atoms with van der Waals surface area (Å²) in [4.78, 5) is 15.0. The average Bonchev–Trinajstić information content (AvgIpc) is 3.31. The fourth-order valence-electron chi connectivity index (χ4n) is 3.48. The molecule has 5 heteroatoms. The predicted octanol–water partition coefficient (Wildman–Crippen LogP) is 3.79. The summed E-state index contributed by atoms with van der Waals surface area (Å²) < 4.78 is 17.0. The largest absolute Gasteiger partial charge is 0.496 e. The Hall–Kier alpha value is -2.79. The first-order chi connectivity index (χ1) is 13.2. The number of carbonyl (C=O) groups excluding carboxylic acids is 1. The Bertz CT molecular complexity index is 868. The van der Waals surface area contributed by atoms with E-state index in [-0.39, 0.29) is 5.78 Å². The lowest BCUT2D eigenvalue weighted by Crippen LogP contribution is -2.25. The van der Waals surface area contributed by atoms with Crippen molar-refractivity contribution >= 4 is 11.9 Å². The van der Waals surface area contributed by atoms with E-state index >= 15 is 0 Å². The number of likely N-dealkylation sites (tertiary alicyclic amines) is 1. The van der Waals surface area contributed by atoms with Gasteiger partial charge < -0.3 is 14.2 Å². The SMILES string of the molecule is COc1ccccc1/C=C1\Oc2cc(OCCN3CCCC3)ccc2C1=O. The maximum atomic E-state index is 12.6. The van der Waals surface area contributed by atoms with Crippen LogP contribution in [0.25, 0.3) is 6.08 Å². The molecule has 2 aromatic rings. The number of ether oxygens (including phenoxy) is 3. The Morgan fingerprint density at radius 3 is 2.78 bits per heavy atom. The number of ketones is 1. The fourth-order valence-corrected chi connectivity index (χ4v) is 3.48. The Labute approximate surface area is 159 Å². The van der Waals surface area contributed by atoms with Gasteiger partial charge in [0.2, 0.25) is 5.78 Å².